The van der Waals surface area contributed by atoms with Crippen LogP contribution in [-0.4, -0.2) is 19.8 Å². The molecular weight excluding hydrogens is 234 g/mol. The lowest BCUT2D eigenvalue weighted by atomic mass is 9.94. The summed E-state index contributed by atoms with van der Waals surface area (Å²) in [5.41, 5.74) is 1.28. The van der Waals surface area contributed by atoms with Gasteiger partial charge in [0.05, 0.1) is 0 Å². The Labute approximate surface area is 108 Å². The van der Waals surface area contributed by atoms with E-state index in [-0.39, 0.29) is 0 Å². The number of rotatable bonds is 5. The third-order valence-electron chi connectivity index (χ3n) is 3.29. The minimum absolute atomic E-state index is 0.394. The molecule has 1 aliphatic rings. The van der Waals surface area contributed by atoms with E-state index in [0.717, 1.165) is 31.2 Å². The predicted octanol–water partition coefficient (Wildman–Crippen LogP) is 3.42. The maximum atomic E-state index is 6.05. The Morgan fingerprint density at radius 3 is 3.06 bits per heavy atom. The highest BCUT2D eigenvalue weighted by atomic mass is 35.5. The van der Waals surface area contributed by atoms with Crippen LogP contribution in [0.25, 0.3) is 0 Å². The van der Waals surface area contributed by atoms with Crippen molar-refractivity contribution in [2.24, 2.45) is 5.92 Å². The SMILES string of the molecule is CCNC(CC1CCOC1)c1cccc(Cl)c1. The topological polar surface area (TPSA) is 21.3 Å². The standard InChI is InChI=1S/C14H20ClNO/c1-2-16-14(8-11-6-7-17-10-11)12-4-3-5-13(15)9-12/h3-5,9,11,14,16H,2,6-8,10H2,1H3. The van der Waals surface area contributed by atoms with E-state index in [2.05, 4.69) is 24.4 Å². The molecule has 17 heavy (non-hydrogen) atoms. The molecule has 1 aromatic rings. The van der Waals surface area contributed by atoms with Crippen molar-refractivity contribution in [3.63, 3.8) is 0 Å². The molecule has 0 amide bonds. The number of hydrogen-bond donors (Lipinski definition) is 1. The van der Waals surface area contributed by atoms with Crippen LogP contribution in [0.4, 0.5) is 0 Å². The van der Waals surface area contributed by atoms with Crippen molar-refractivity contribution in [2.75, 3.05) is 19.8 Å². The van der Waals surface area contributed by atoms with E-state index in [4.69, 9.17) is 16.3 Å². The lowest BCUT2D eigenvalue weighted by Crippen LogP contribution is -2.23. The van der Waals surface area contributed by atoms with Crippen molar-refractivity contribution in [3.8, 4) is 0 Å². The van der Waals surface area contributed by atoms with Gasteiger partial charge < -0.3 is 10.1 Å². The van der Waals surface area contributed by atoms with Crippen molar-refractivity contribution in [3.05, 3.63) is 34.9 Å². The maximum absolute atomic E-state index is 6.05. The van der Waals surface area contributed by atoms with Gasteiger partial charge in [-0.15, -0.1) is 0 Å². The van der Waals surface area contributed by atoms with Crippen LogP contribution in [-0.2, 0) is 4.74 Å². The van der Waals surface area contributed by atoms with Crippen LogP contribution in [0, 0.1) is 5.92 Å². The van der Waals surface area contributed by atoms with Gasteiger partial charge in [-0.1, -0.05) is 30.7 Å². The molecule has 1 heterocycles. The summed E-state index contributed by atoms with van der Waals surface area (Å²) in [6.45, 7) is 4.94. The van der Waals surface area contributed by atoms with E-state index in [1.807, 2.05) is 12.1 Å². The number of nitrogens with one attached hydrogen (secondary N) is 1. The lowest BCUT2D eigenvalue weighted by molar-refractivity contribution is 0.181. The normalized spacial score (nSPS) is 21.6. The molecule has 1 N–H and O–H groups in total. The highest BCUT2D eigenvalue weighted by Crippen LogP contribution is 2.27. The molecule has 1 fully saturated rings. The molecule has 94 valence electrons. The summed E-state index contributed by atoms with van der Waals surface area (Å²) in [6, 6.07) is 8.55. The van der Waals surface area contributed by atoms with Crippen LogP contribution in [0.2, 0.25) is 5.02 Å². The molecule has 0 spiro atoms. The summed E-state index contributed by atoms with van der Waals surface area (Å²) in [5.74, 6) is 0.679. The third kappa shape index (κ3) is 3.70. The first-order valence-corrected chi connectivity index (χ1v) is 6.74. The molecule has 1 aromatic carbocycles. The minimum Gasteiger partial charge on any atom is -0.381 e. The van der Waals surface area contributed by atoms with E-state index in [1.54, 1.807) is 0 Å². The summed E-state index contributed by atoms with van der Waals surface area (Å²) in [4.78, 5) is 0. The zero-order valence-electron chi connectivity index (χ0n) is 10.3. The summed E-state index contributed by atoms with van der Waals surface area (Å²) < 4.78 is 5.44. The first kappa shape index (κ1) is 12.9. The summed E-state index contributed by atoms with van der Waals surface area (Å²) in [5, 5.41) is 4.35. The first-order valence-electron chi connectivity index (χ1n) is 6.36. The fourth-order valence-electron chi connectivity index (χ4n) is 2.41. The van der Waals surface area contributed by atoms with Crippen molar-refractivity contribution in [1.29, 1.82) is 0 Å². The zero-order valence-corrected chi connectivity index (χ0v) is 11.0. The van der Waals surface area contributed by atoms with Crippen LogP contribution in [0.3, 0.4) is 0 Å². The molecule has 0 bridgehead atoms. The molecule has 0 aromatic heterocycles. The smallest absolute Gasteiger partial charge is 0.0495 e. The Hall–Kier alpha value is -0.570. The highest BCUT2D eigenvalue weighted by Gasteiger charge is 2.21. The zero-order chi connectivity index (χ0) is 12.1. The van der Waals surface area contributed by atoms with E-state index in [1.165, 1.54) is 12.0 Å². The second kappa shape index (κ2) is 6.39. The molecular formula is C14H20ClNO. The van der Waals surface area contributed by atoms with Gasteiger partial charge in [-0.3, -0.25) is 0 Å². The second-order valence-electron chi connectivity index (χ2n) is 4.63. The molecule has 2 unspecified atom stereocenters. The van der Waals surface area contributed by atoms with Crippen molar-refractivity contribution < 1.29 is 4.74 Å². The molecule has 2 nitrogen and oxygen atoms in total. The van der Waals surface area contributed by atoms with Gasteiger partial charge >= 0.3 is 0 Å². The predicted molar refractivity (Wildman–Crippen MR) is 71.4 cm³/mol. The van der Waals surface area contributed by atoms with Gasteiger partial charge in [0.1, 0.15) is 0 Å². The van der Waals surface area contributed by atoms with Gasteiger partial charge in [0.25, 0.3) is 0 Å². The Balaban J connectivity index is 2.04. The van der Waals surface area contributed by atoms with E-state index < -0.39 is 0 Å². The van der Waals surface area contributed by atoms with Gasteiger partial charge in [0, 0.05) is 24.3 Å². The first-order chi connectivity index (χ1) is 8.29. The fourth-order valence-corrected chi connectivity index (χ4v) is 2.61. The van der Waals surface area contributed by atoms with Gasteiger partial charge in [-0.2, -0.15) is 0 Å². The second-order valence-corrected chi connectivity index (χ2v) is 5.07. The monoisotopic (exact) mass is 253 g/mol. The molecule has 2 atom stereocenters. The van der Waals surface area contributed by atoms with Gasteiger partial charge in [0.2, 0.25) is 0 Å². The maximum Gasteiger partial charge on any atom is 0.0495 e. The molecule has 1 aliphatic heterocycles. The Morgan fingerprint density at radius 2 is 2.41 bits per heavy atom. The fraction of sp³-hybridized carbons (Fsp3) is 0.571. The van der Waals surface area contributed by atoms with E-state index in [9.17, 15) is 0 Å². The van der Waals surface area contributed by atoms with Crippen molar-refractivity contribution >= 4 is 11.6 Å². The molecule has 0 aliphatic carbocycles. The average molecular weight is 254 g/mol. The van der Waals surface area contributed by atoms with Crippen LogP contribution in [0.5, 0.6) is 0 Å². The van der Waals surface area contributed by atoms with Crippen LogP contribution in [0.1, 0.15) is 31.4 Å². The van der Waals surface area contributed by atoms with Crippen molar-refractivity contribution in [1.82, 2.24) is 5.32 Å². The van der Waals surface area contributed by atoms with E-state index in [0.29, 0.717) is 12.0 Å². The summed E-state index contributed by atoms with van der Waals surface area (Å²) >= 11 is 6.05. The number of ether oxygens (including phenoxy) is 1. The van der Waals surface area contributed by atoms with Crippen LogP contribution < -0.4 is 5.32 Å². The van der Waals surface area contributed by atoms with Crippen LogP contribution >= 0.6 is 11.6 Å². The Bertz CT molecular complexity index is 350. The lowest BCUT2D eigenvalue weighted by Gasteiger charge is -2.21. The molecule has 3 heteroatoms. The molecule has 2 rings (SSSR count). The number of benzene rings is 1. The number of hydrogen-bond acceptors (Lipinski definition) is 2. The minimum atomic E-state index is 0.394. The number of halogens is 1. The average Bonchev–Trinajstić information content (AvgIpc) is 2.81. The summed E-state index contributed by atoms with van der Waals surface area (Å²) in [6.07, 6.45) is 2.32. The Morgan fingerprint density at radius 1 is 1.53 bits per heavy atom. The summed E-state index contributed by atoms with van der Waals surface area (Å²) in [7, 11) is 0. The highest BCUT2D eigenvalue weighted by molar-refractivity contribution is 6.30. The van der Waals surface area contributed by atoms with Crippen molar-refractivity contribution in [2.45, 2.75) is 25.8 Å². The molecule has 1 saturated heterocycles. The Kier molecular flexibility index (Phi) is 4.84. The van der Waals surface area contributed by atoms with Gasteiger partial charge in [-0.25, -0.2) is 0 Å². The van der Waals surface area contributed by atoms with E-state index >= 15 is 0 Å². The molecule has 0 radical (unpaired) electrons. The third-order valence-corrected chi connectivity index (χ3v) is 3.53. The quantitative estimate of drug-likeness (QED) is 0.868. The van der Waals surface area contributed by atoms with Gasteiger partial charge in [-0.05, 0) is 43.0 Å². The van der Waals surface area contributed by atoms with Gasteiger partial charge in [0.15, 0.2) is 0 Å². The largest absolute Gasteiger partial charge is 0.381 e. The molecule has 0 saturated carbocycles. The van der Waals surface area contributed by atoms with Crippen LogP contribution in [0.15, 0.2) is 24.3 Å².